The molecule has 0 bridgehead atoms. The second kappa shape index (κ2) is 5.84. The van der Waals surface area contributed by atoms with E-state index < -0.39 is 33.7 Å². The van der Waals surface area contributed by atoms with Crippen molar-refractivity contribution in [1.82, 2.24) is 0 Å². The largest absolute Gasteiger partial charge is 0.322 e. The van der Waals surface area contributed by atoms with Gasteiger partial charge in [0.2, 0.25) is 0 Å². The summed E-state index contributed by atoms with van der Waals surface area (Å²) in [4.78, 5) is 21.8. The van der Waals surface area contributed by atoms with Gasteiger partial charge in [-0.3, -0.25) is 14.9 Å². The summed E-state index contributed by atoms with van der Waals surface area (Å²) in [5.74, 6) is -2.48. The number of rotatable bonds is 3. The van der Waals surface area contributed by atoms with Crippen molar-refractivity contribution >= 4 is 28.9 Å². The first kappa shape index (κ1) is 14.9. The van der Waals surface area contributed by atoms with Gasteiger partial charge in [-0.25, -0.2) is 8.78 Å². The van der Waals surface area contributed by atoms with E-state index in [1.165, 1.54) is 6.07 Å². The molecule has 0 aliphatic carbocycles. The number of nitro groups is 1. The molecule has 0 heterocycles. The van der Waals surface area contributed by atoms with Crippen LogP contribution in [0.2, 0.25) is 5.02 Å². The van der Waals surface area contributed by atoms with Crippen molar-refractivity contribution in [1.29, 1.82) is 0 Å². The lowest BCUT2D eigenvalue weighted by atomic mass is 10.1. The Hall–Kier alpha value is -2.54. The fraction of sp³-hybridized carbons (Fsp3) is 0. The van der Waals surface area contributed by atoms with Crippen LogP contribution in [0.4, 0.5) is 20.2 Å². The number of amides is 1. The molecule has 0 fully saturated rings. The first-order chi connectivity index (χ1) is 9.88. The van der Waals surface area contributed by atoms with Crippen LogP contribution in [0.5, 0.6) is 0 Å². The quantitative estimate of drug-likeness (QED) is 0.692. The van der Waals surface area contributed by atoms with E-state index in [0.29, 0.717) is 0 Å². The van der Waals surface area contributed by atoms with Crippen molar-refractivity contribution in [3.8, 4) is 0 Å². The molecule has 0 aliphatic rings. The number of benzene rings is 2. The molecule has 0 atom stereocenters. The molecule has 0 aromatic heterocycles. The Balaban J connectivity index is 2.29. The number of nitro benzene ring substituents is 1. The fourth-order valence-electron chi connectivity index (χ4n) is 1.57. The molecular formula is C13H7ClF2N2O3. The lowest BCUT2D eigenvalue weighted by Crippen LogP contribution is -2.14. The van der Waals surface area contributed by atoms with Crippen molar-refractivity contribution < 1.29 is 18.5 Å². The highest BCUT2D eigenvalue weighted by molar-refractivity contribution is 6.31. The summed E-state index contributed by atoms with van der Waals surface area (Å²) in [5.41, 5.74) is -0.777. The fourth-order valence-corrected chi connectivity index (χ4v) is 1.75. The van der Waals surface area contributed by atoms with Gasteiger partial charge in [-0.05, 0) is 24.3 Å². The van der Waals surface area contributed by atoms with Gasteiger partial charge < -0.3 is 5.32 Å². The van der Waals surface area contributed by atoms with E-state index in [-0.39, 0.29) is 10.7 Å². The molecule has 2 aromatic rings. The predicted octanol–water partition coefficient (Wildman–Crippen LogP) is 3.78. The minimum Gasteiger partial charge on any atom is -0.322 e. The number of hydrogen-bond acceptors (Lipinski definition) is 3. The monoisotopic (exact) mass is 312 g/mol. The summed E-state index contributed by atoms with van der Waals surface area (Å²) in [6.45, 7) is 0. The van der Waals surface area contributed by atoms with Gasteiger partial charge >= 0.3 is 0 Å². The summed E-state index contributed by atoms with van der Waals surface area (Å²) < 4.78 is 26.5. The third kappa shape index (κ3) is 3.32. The average Bonchev–Trinajstić information content (AvgIpc) is 2.43. The second-order valence-corrected chi connectivity index (χ2v) is 4.41. The number of halogens is 3. The summed E-state index contributed by atoms with van der Waals surface area (Å²) in [5, 5.41) is 12.7. The van der Waals surface area contributed by atoms with Gasteiger partial charge in [0.05, 0.1) is 15.5 Å². The highest BCUT2D eigenvalue weighted by atomic mass is 35.5. The van der Waals surface area contributed by atoms with E-state index in [4.69, 9.17) is 11.6 Å². The number of nitrogens with zero attached hydrogens (tertiary/aromatic N) is 1. The molecular weight excluding hydrogens is 306 g/mol. The molecule has 2 aromatic carbocycles. The molecule has 8 heteroatoms. The Bertz CT molecular complexity index is 737. The van der Waals surface area contributed by atoms with Crippen LogP contribution in [0.15, 0.2) is 36.4 Å². The zero-order chi connectivity index (χ0) is 15.6. The number of anilines is 1. The van der Waals surface area contributed by atoms with Crippen LogP contribution >= 0.6 is 11.6 Å². The van der Waals surface area contributed by atoms with Crippen LogP contribution in [0, 0.1) is 21.7 Å². The van der Waals surface area contributed by atoms with Crippen molar-refractivity contribution in [3.05, 3.63) is 68.7 Å². The third-order valence-corrected chi connectivity index (χ3v) is 2.87. The molecule has 5 nitrogen and oxygen atoms in total. The van der Waals surface area contributed by atoms with E-state index in [0.717, 1.165) is 30.3 Å². The molecule has 2 rings (SSSR count). The van der Waals surface area contributed by atoms with Crippen molar-refractivity contribution in [2.45, 2.75) is 0 Å². The number of non-ortho nitro benzene ring substituents is 1. The van der Waals surface area contributed by atoms with Gasteiger partial charge in [-0.2, -0.15) is 0 Å². The smallest absolute Gasteiger partial charge is 0.270 e. The van der Waals surface area contributed by atoms with Gasteiger partial charge in [0.25, 0.3) is 11.6 Å². The van der Waals surface area contributed by atoms with Crippen molar-refractivity contribution in [3.63, 3.8) is 0 Å². The molecule has 0 saturated carbocycles. The number of hydrogen-bond donors (Lipinski definition) is 1. The third-order valence-electron chi connectivity index (χ3n) is 2.58. The minimum absolute atomic E-state index is 0.136. The van der Waals surface area contributed by atoms with E-state index in [1.807, 2.05) is 0 Å². The highest BCUT2D eigenvalue weighted by Crippen LogP contribution is 2.21. The lowest BCUT2D eigenvalue weighted by molar-refractivity contribution is -0.384. The summed E-state index contributed by atoms with van der Waals surface area (Å²) in [7, 11) is 0. The average molecular weight is 313 g/mol. The maximum absolute atomic E-state index is 13.6. The van der Waals surface area contributed by atoms with E-state index in [9.17, 15) is 23.7 Å². The van der Waals surface area contributed by atoms with Crippen molar-refractivity contribution in [2.75, 3.05) is 5.32 Å². The zero-order valence-corrected chi connectivity index (χ0v) is 11.0. The van der Waals surface area contributed by atoms with Crippen LogP contribution < -0.4 is 5.32 Å². The highest BCUT2D eigenvalue weighted by Gasteiger charge is 2.17. The Morgan fingerprint density at radius 2 is 1.81 bits per heavy atom. The van der Waals surface area contributed by atoms with Gasteiger partial charge in [0, 0.05) is 17.8 Å². The van der Waals surface area contributed by atoms with Crippen LogP contribution in [0.1, 0.15) is 10.4 Å². The maximum atomic E-state index is 13.6. The van der Waals surface area contributed by atoms with Gasteiger partial charge in [-0.1, -0.05) is 11.6 Å². The number of carbonyl (C=O) groups is 1. The molecule has 108 valence electrons. The minimum atomic E-state index is -0.911. The predicted molar refractivity (Wildman–Crippen MR) is 72.4 cm³/mol. The molecule has 0 radical (unpaired) electrons. The number of carbonyl (C=O) groups excluding carboxylic acids is 1. The summed E-state index contributed by atoms with van der Waals surface area (Å²) >= 11 is 5.55. The van der Waals surface area contributed by atoms with Crippen molar-refractivity contribution in [2.24, 2.45) is 0 Å². The first-order valence-electron chi connectivity index (χ1n) is 5.59. The van der Waals surface area contributed by atoms with E-state index in [2.05, 4.69) is 5.32 Å². The lowest BCUT2D eigenvalue weighted by Gasteiger charge is -2.07. The number of nitrogens with one attached hydrogen (secondary N) is 1. The second-order valence-electron chi connectivity index (χ2n) is 4.00. The molecule has 1 N–H and O–H groups in total. The molecule has 0 unspecified atom stereocenters. The van der Waals surface area contributed by atoms with Crippen LogP contribution in [-0.4, -0.2) is 10.8 Å². The summed E-state index contributed by atoms with van der Waals surface area (Å²) in [6, 6.07) is 5.99. The SMILES string of the molecule is O=C(Nc1ccc(F)c(Cl)c1)c1cc([N+](=O)[O-])ccc1F. The normalized spacial score (nSPS) is 10.2. The molecule has 21 heavy (non-hydrogen) atoms. The topological polar surface area (TPSA) is 72.2 Å². The van der Waals surface area contributed by atoms with Gasteiger partial charge in [0.1, 0.15) is 11.6 Å². The maximum Gasteiger partial charge on any atom is 0.270 e. The van der Waals surface area contributed by atoms with E-state index >= 15 is 0 Å². The zero-order valence-electron chi connectivity index (χ0n) is 10.3. The van der Waals surface area contributed by atoms with Gasteiger partial charge in [0.15, 0.2) is 0 Å². The Labute approximate surface area is 122 Å². The standard InChI is InChI=1S/C13H7ClF2N2O3/c14-10-5-7(1-3-12(10)16)17-13(19)9-6-8(18(20)21)2-4-11(9)15/h1-6H,(H,17,19). The Kier molecular flexibility index (Phi) is 4.13. The Morgan fingerprint density at radius 1 is 1.14 bits per heavy atom. The molecule has 0 spiro atoms. The molecule has 0 saturated heterocycles. The Morgan fingerprint density at radius 3 is 2.43 bits per heavy atom. The van der Waals surface area contributed by atoms with Gasteiger partial charge in [-0.15, -0.1) is 0 Å². The van der Waals surface area contributed by atoms with Crippen LogP contribution in [0.3, 0.4) is 0 Å². The summed E-state index contributed by atoms with van der Waals surface area (Å²) in [6.07, 6.45) is 0. The van der Waals surface area contributed by atoms with Crippen LogP contribution in [-0.2, 0) is 0 Å². The molecule has 1 amide bonds. The van der Waals surface area contributed by atoms with Crippen LogP contribution in [0.25, 0.3) is 0 Å². The van der Waals surface area contributed by atoms with E-state index in [1.54, 1.807) is 0 Å². The first-order valence-corrected chi connectivity index (χ1v) is 5.96. The molecule has 0 aliphatic heterocycles.